The van der Waals surface area contributed by atoms with Crippen LogP contribution in [0.4, 0.5) is 15.3 Å². The number of nitrogens with zero attached hydrogens (tertiary/aromatic N) is 3. The molecule has 7 nitrogen and oxygen atoms in total. The highest BCUT2D eigenvalue weighted by atomic mass is 16.2. The van der Waals surface area contributed by atoms with Gasteiger partial charge in [0.2, 0.25) is 0 Å². The lowest BCUT2D eigenvalue weighted by Crippen LogP contribution is -2.50. The zero-order chi connectivity index (χ0) is 22.8. The van der Waals surface area contributed by atoms with E-state index in [2.05, 4.69) is 23.5 Å². The summed E-state index contributed by atoms with van der Waals surface area (Å²) in [5.41, 5.74) is 1.68. The predicted molar refractivity (Wildman–Crippen MR) is 127 cm³/mol. The number of rotatable bonds is 4. The lowest BCUT2D eigenvalue weighted by Gasteiger charge is -2.36. The van der Waals surface area contributed by atoms with Crippen molar-refractivity contribution in [2.45, 2.75) is 25.4 Å². The summed E-state index contributed by atoms with van der Waals surface area (Å²) in [6, 6.07) is 22.8. The molecule has 3 aromatic rings. The summed E-state index contributed by atoms with van der Waals surface area (Å²) in [7, 11) is 0. The number of hydrogen-bond acceptors (Lipinski definition) is 3. The van der Waals surface area contributed by atoms with Crippen LogP contribution in [0, 0.1) is 0 Å². The lowest BCUT2D eigenvalue weighted by atomic mass is 10.0. The first-order valence-electron chi connectivity index (χ1n) is 11.3. The SMILES string of the molecule is O=C(NCc1cccc2ccccc12)N1CCC(N2CC(=O)N(c3ccccc3)C2=O)CC1. The summed E-state index contributed by atoms with van der Waals surface area (Å²) in [4.78, 5) is 42.9. The van der Waals surface area contributed by atoms with Crippen molar-refractivity contribution in [1.29, 1.82) is 0 Å². The highest BCUT2D eigenvalue weighted by Gasteiger charge is 2.41. The van der Waals surface area contributed by atoms with Gasteiger partial charge in [-0.25, -0.2) is 14.5 Å². The van der Waals surface area contributed by atoms with Gasteiger partial charge in [-0.1, -0.05) is 60.7 Å². The Morgan fingerprint density at radius 1 is 0.879 bits per heavy atom. The lowest BCUT2D eigenvalue weighted by molar-refractivity contribution is -0.116. The fourth-order valence-electron chi connectivity index (χ4n) is 4.75. The molecule has 168 valence electrons. The summed E-state index contributed by atoms with van der Waals surface area (Å²) in [6.45, 7) is 1.65. The van der Waals surface area contributed by atoms with Gasteiger partial charge in [-0.3, -0.25) is 4.79 Å². The molecule has 33 heavy (non-hydrogen) atoms. The van der Waals surface area contributed by atoms with Crippen molar-refractivity contribution in [1.82, 2.24) is 15.1 Å². The molecule has 0 saturated carbocycles. The zero-order valence-corrected chi connectivity index (χ0v) is 18.3. The van der Waals surface area contributed by atoms with Crippen LogP contribution in [0.2, 0.25) is 0 Å². The number of nitrogens with one attached hydrogen (secondary N) is 1. The van der Waals surface area contributed by atoms with Crippen LogP contribution in [0.5, 0.6) is 0 Å². The van der Waals surface area contributed by atoms with Gasteiger partial charge >= 0.3 is 12.1 Å². The third-order valence-electron chi connectivity index (χ3n) is 6.51. The van der Waals surface area contributed by atoms with E-state index in [9.17, 15) is 14.4 Å². The van der Waals surface area contributed by atoms with Gasteiger partial charge in [-0.05, 0) is 41.3 Å². The first-order valence-corrected chi connectivity index (χ1v) is 11.3. The Morgan fingerprint density at radius 3 is 2.36 bits per heavy atom. The molecule has 7 heteroatoms. The van der Waals surface area contributed by atoms with E-state index in [1.165, 1.54) is 4.90 Å². The van der Waals surface area contributed by atoms with Crippen molar-refractivity contribution in [3.8, 4) is 0 Å². The highest BCUT2D eigenvalue weighted by molar-refractivity contribution is 6.19. The smallest absolute Gasteiger partial charge is 0.332 e. The number of anilines is 1. The van der Waals surface area contributed by atoms with Crippen LogP contribution in [0.15, 0.2) is 72.8 Å². The van der Waals surface area contributed by atoms with Crippen molar-refractivity contribution in [2.24, 2.45) is 0 Å². The molecule has 0 aliphatic carbocycles. The standard InChI is InChI=1S/C26H26N4O3/c31-24-18-29(26(33)30(24)22-10-2-1-3-11-22)21-13-15-28(16-14-21)25(32)27-17-20-9-6-8-19-7-4-5-12-23(19)20/h1-12,21H,13-18H2,(H,27,32). The molecule has 5 rings (SSSR count). The molecule has 0 aromatic heterocycles. The number of imide groups is 1. The molecule has 2 aliphatic heterocycles. The molecule has 0 radical (unpaired) electrons. The van der Waals surface area contributed by atoms with Crippen molar-refractivity contribution in [3.05, 3.63) is 78.4 Å². The summed E-state index contributed by atoms with van der Waals surface area (Å²) >= 11 is 0. The number of carbonyl (C=O) groups excluding carboxylic acids is 3. The Labute approximate surface area is 192 Å². The van der Waals surface area contributed by atoms with E-state index in [0.29, 0.717) is 38.2 Å². The molecule has 2 heterocycles. The van der Waals surface area contributed by atoms with E-state index >= 15 is 0 Å². The van der Waals surface area contributed by atoms with Crippen LogP contribution in [0.3, 0.4) is 0 Å². The molecule has 0 atom stereocenters. The second-order valence-electron chi connectivity index (χ2n) is 8.49. The highest BCUT2D eigenvalue weighted by Crippen LogP contribution is 2.26. The van der Waals surface area contributed by atoms with E-state index < -0.39 is 0 Å². The monoisotopic (exact) mass is 442 g/mol. The first-order chi connectivity index (χ1) is 16.1. The molecule has 2 fully saturated rings. The molecule has 2 saturated heterocycles. The van der Waals surface area contributed by atoms with Gasteiger partial charge in [0.1, 0.15) is 6.54 Å². The number of fused-ring (bicyclic) bond motifs is 1. The first kappa shape index (κ1) is 21.0. The van der Waals surface area contributed by atoms with Gasteiger partial charge < -0.3 is 15.1 Å². The minimum absolute atomic E-state index is 0.0442. The molecule has 0 spiro atoms. The largest absolute Gasteiger partial charge is 0.334 e. The maximum absolute atomic E-state index is 12.9. The average molecular weight is 443 g/mol. The average Bonchev–Trinajstić information content (AvgIpc) is 3.16. The number of benzene rings is 3. The number of urea groups is 2. The molecule has 0 bridgehead atoms. The van der Waals surface area contributed by atoms with E-state index in [1.54, 1.807) is 21.9 Å². The third kappa shape index (κ3) is 4.14. The van der Waals surface area contributed by atoms with Gasteiger partial charge in [-0.15, -0.1) is 0 Å². The van der Waals surface area contributed by atoms with Crippen LogP contribution in [-0.4, -0.2) is 53.4 Å². The van der Waals surface area contributed by atoms with Crippen LogP contribution in [-0.2, 0) is 11.3 Å². The Balaban J connectivity index is 1.17. The van der Waals surface area contributed by atoms with Crippen molar-refractivity contribution in [3.63, 3.8) is 0 Å². The summed E-state index contributed by atoms with van der Waals surface area (Å²) in [5.74, 6) is -0.207. The number of para-hydroxylation sites is 1. The van der Waals surface area contributed by atoms with Crippen molar-refractivity contribution in [2.75, 3.05) is 24.5 Å². The molecule has 0 unspecified atom stereocenters. The third-order valence-corrected chi connectivity index (χ3v) is 6.51. The predicted octanol–water partition coefficient (Wildman–Crippen LogP) is 3.98. The molecular formula is C26H26N4O3. The Kier molecular flexibility index (Phi) is 5.69. The second-order valence-corrected chi connectivity index (χ2v) is 8.49. The Morgan fingerprint density at radius 2 is 1.58 bits per heavy atom. The van der Waals surface area contributed by atoms with E-state index in [1.807, 2.05) is 42.5 Å². The minimum Gasteiger partial charge on any atom is -0.334 e. The molecule has 1 N–H and O–H groups in total. The van der Waals surface area contributed by atoms with Gasteiger partial charge in [0.25, 0.3) is 5.91 Å². The number of amides is 5. The van der Waals surface area contributed by atoms with Crippen LogP contribution >= 0.6 is 0 Å². The fraction of sp³-hybridized carbons (Fsp3) is 0.269. The topological polar surface area (TPSA) is 73.0 Å². The number of piperidine rings is 1. The summed E-state index contributed by atoms with van der Waals surface area (Å²) < 4.78 is 0. The van der Waals surface area contributed by atoms with Gasteiger partial charge in [-0.2, -0.15) is 0 Å². The van der Waals surface area contributed by atoms with Gasteiger partial charge in [0, 0.05) is 25.7 Å². The number of carbonyl (C=O) groups is 3. The van der Waals surface area contributed by atoms with E-state index in [0.717, 1.165) is 16.3 Å². The molecule has 3 aromatic carbocycles. The van der Waals surface area contributed by atoms with Crippen LogP contribution in [0.1, 0.15) is 18.4 Å². The summed E-state index contributed by atoms with van der Waals surface area (Å²) in [6.07, 6.45) is 1.31. The molecular weight excluding hydrogens is 416 g/mol. The number of likely N-dealkylation sites (tertiary alicyclic amines) is 1. The van der Waals surface area contributed by atoms with Crippen molar-refractivity contribution < 1.29 is 14.4 Å². The van der Waals surface area contributed by atoms with Gasteiger partial charge in [0.15, 0.2) is 0 Å². The van der Waals surface area contributed by atoms with E-state index in [4.69, 9.17) is 0 Å². The minimum atomic E-state index is -0.273. The quantitative estimate of drug-likeness (QED) is 0.621. The van der Waals surface area contributed by atoms with E-state index in [-0.39, 0.29) is 30.6 Å². The normalized spacial score (nSPS) is 17.2. The van der Waals surface area contributed by atoms with Crippen molar-refractivity contribution >= 4 is 34.4 Å². The molecule has 5 amide bonds. The van der Waals surface area contributed by atoms with Gasteiger partial charge in [0.05, 0.1) is 5.69 Å². The maximum atomic E-state index is 12.9. The van der Waals surface area contributed by atoms with Crippen LogP contribution in [0.25, 0.3) is 10.8 Å². The Bertz CT molecular complexity index is 1180. The van der Waals surface area contributed by atoms with Crippen LogP contribution < -0.4 is 10.2 Å². The maximum Gasteiger partial charge on any atom is 0.332 e. The number of hydrogen-bond donors (Lipinski definition) is 1. The second kappa shape index (κ2) is 8.94. The molecule has 2 aliphatic rings. The fourth-order valence-corrected chi connectivity index (χ4v) is 4.75. The zero-order valence-electron chi connectivity index (χ0n) is 18.3. The summed E-state index contributed by atoms with van der Waals surface area (Å²) in [5, 5.41) is 5.32. The Hall–Kier alpha value is -3.87.